The van der Waals surface area contributed by atoms with Crippen LogP contribution < -0.4 is 5.32 Å². The van der Waals surface area contributed by atoms with Crippen LogP contribution >= 0.6 is 0 Å². The SMILES string of the molecule is C#CCNC(=O)C(C)N1CCCC(CC)(C(=O)O)C1. The number of carbonyl (C=O) groups excluding carboxylic acids is 1. The van der Waals surface area contributed by atoms with Crippen molar-refractivity contribution < 1.29 is 14.7 Å². The fourth-order valence-corrected chi connectivity index (χ4v) is 2.56. The minimum absolute atomic E-state index is 0.143. The van der Waals surface area contributed by atoms with Crippen molar-refractivity contribution in [2.75, 3.05) is 19.6 Å². The van der Waals surface area contributed by atoms with Crippen molar-refractivity contribution in [2.24, 2.45) is 5.41 Å². The Hall–Kier alpha value is -1.54. The Balaban J connectivity index is 2.71. The molecule has 5 heteroatoms. The minimum Gasteiger partial charge on any atom is -0.481 e. The van der Waals surface area contributed by atoms with Crippen molar-refractivity contribution in [3.05, 3.63) is 0 Å². The number of amides is 1. The van der Waals surface area contributed by atoms with Crippen molar-refractivity contribution in [3.63, 3.8) is 0 Å². The lowest BCUT2D eigenvalue weighted by molar-refractivity contribution is -0.154. The molecule has 5 nitrogen and oxygen atoms in total. The summed E-state index contributed by atoms with van der Waals surface area (Å²) in [7, 11) is 0. The molecule has 19 heavy (non-hydrogen) atoms. The van der Waals surface area contributed by atoms with Crippen LogP contribution in [0.15, 0.2) is 0 Å². The summed E-state index contributed by atoms with van der Waals surface area (Å²) in [5.41, 5.74) is -0.723. The van der Waals surface area contributed by atoms with Gasteiger partial charge < -0.3 is 10.4 Å². The van der Waals surface area contributed by atoms with Crippen LogP contribution in [0, 0.1) is 17.8 Å². The van der Waals surface area contributed by atoms with Crippen LogP contribution in [0.25, 0.3) is 0 Å². The predicted octanol–water partition coefficient (Wildman–Crippen LogP) is 0.701. The van der Waals surface area contributed by atoms with Gasteiger partial charge in [0.15, 0.2) is 0 Å². The zero-order valence-corrected chi connectivity index (χ0v) is 11.6. The summed E-state index contributed by atoms with van der Waals surface area (Å²) in [6.45, 7) is 5.05. The third kappa shape index (κ3) is 3.48. The zero-order valence-electron chi connectivity index (χ0n) is 11.6. The molecule has 1 heterocycles. The van der Waals surface area contributed by atoms with Gasteiger partial charge in [0.05, 0.1) is 18.0 Å². The number of nitrogens with zero attached hydrogens (tertiary/aromatic N) is 1. The van der Waals surface area contributed by atoms with Crippen LogP contribution in [0.3, 0.4) is 0 Å². The van der Waals surface area contributed by atoms with E-state index in [1.54, 1.807) is 6.92 Å². The average Bonchev–Trinajstić information content (AvgIpc) is 2.43. The number of nitrogens with one attached hydrogen (secondary N) is 1. The highest BCUT2D eigenvalue weighted by Crippen LogP contribution is 2.34. The maximum absolute atomic E-state index is 11.9. The van der Waals surface area contributed by atoms with Gasteiger partial charge in [0.25, 0.3) is 0 Å². The molecular weight excluding hydrogens is 244 g/mol. The van der Waals surface area contributed by atoms with E-state index in [4.69, 9.17) is 6.42 Å². The molecule has 1 fully saturated rings. The maximum Gasteiger partial charge on any atom is 0.310 e. The second kappa shape index (κ2) is 6.58. The van der Waals surface area contributed by atoms with E-state index in [0.29, 0.717) is 19.4 Å². The second-order valence-corrected chi connectivity index (χ2v) is 5.11. The first-order chi connectivity index (χ1) is 8.96. The molecule has 1 rings (SSSR count). The Labute approximate surface area is 114 Å². The number of carbonyl (C=O) groups is 2. The van der Waals surface area contributed by atoms with Crippen LogP contribution in [0.1, 0.15) is 33.1 Å². The molecule has 1 saturated heterocycles. The highest BCUT2D eigenvalue weighted by atomic mass is 16.4. The molecule has 1 aliphatic heterocycles. The Morgan fingerprint density at radius 2 is 2.26 bits per heavy atom. The third-order valence-electron chi connectivity index (χ3n) is 4.03. The number of terminal acetylenes is 1. The normalized spacial score (nSPS) is 25.3. The van der Waals surface area contributed by atoms with Gasteiger partial charge in [-0.15, -0.1) is 6.42 Å². The van der Waals surface area contributed by atoms with Crippen molar-refractivity contribution in [2.45, 2.75) is 39.2 Å². The zero-order chi connectivity index (χ0) is 14.5. The van der Waals surface area contributed by atoms with Gasteiger partial charge in [0.1, 0.15) is 0 Å². The molecular formula is C14H22N2O3. The van der Waals surface area contributed by atoms with Gasteiger partial charge in [-0.05, 0) is 32.7 Å². The summed E-state index contributed by atoms with van der Waals surface area (Å²) in [6.07, 6.45) is 7.16. The molecule has 0 aromatic heterocycles. The van der Waals surface area contributed by atoms with Crippen LogP contribution in [0.4, 0.5) is 0 Å². The number of hydrogen-bond acceptors (Lipinski definition) is 3. The van der Waals surface area contributed by atoms with Crippen LogP contribution in [-0.4, -0.2) is 47.6 Å². The number of aliphatic carboxylic acids is 1. The number of piperidine rings is 1. The highest BCUT2D eigenvalue weighted by molar-refractivity contribution is 5.82. The summed E-state index contributed by atoms with van der Waals surface area (Å²) in [5, 5.41) is 12.1. The van der Waals surface area contributed by atoms with Crippen LogP contribution in [-0.2, 0) is 9.59 Å². The number of carboxylic acid groups (broad SMARTS) is 1. The summed E-state index contributed by atoms with van der Waals surface area (Å²) >= 11 is 0. The van der Waals surface area contributed by atoms with Gasteiger partial charge in [-0.2, -0.15) is 0 Å². The van der Waals surface area contributed by atoms with Gasteiger partial charge >= 0.3 is 5.97 Å². The summed E-state index contributed by atoms with van der Waals surface area (Å²) in [5.74, 6) is 1.45. The molecule has 0 saturated carbocycles. The van der Waals surface area contributed by atoms with E-state index in [1.165, 1.54) is 0 Å². The van der Waals surface area contributed by atoms with E-state index < -0.39 is 11.4 Å². The molecule has 0 radical (unpaired) electrons. The van der Waals surface area contributed by atoms with Gasteiger partial charge in [-0.3, -0.25) is 14.5 Å². The standard InChI is InChI=1S/C14H22N2O3/c1-4-8-15-12(17)11(3)16-9-6-7-14(5-2,10-16)13(18)19/h1,11H,5-10H2,2-3H3,(H,15,17)(H,18,19). The lowest BCUT2D eigenvalue weighted by atomic mass is 9.77. The Morgan fingerprint density at radius 3 is 2.79 bits per heavy atom. The van der Waals surface area contributed by atoms with E-state index in [1.807, 2.05) is 11.8 Å². The summed E-state index contributed by atoms with van der Waals surface area (Å²) in [4.78, 5) is 25.3. The van der Waals surface area contributed by atoms with E-state index >= 15 is 0 Å². The first-order valence-electron chi connectivity index (χ1n) is 6.65. The Morgan fingerprint density at radius 1 is 1.58 bits per heavy atom. The Bertz CT molecular complexity index is 389. The molecule has 106 valence electrons. The highest BCUT2D eigenvalue weighted by Gasteiger charge is 2.42. The van der Waals surface area contributed by atoms with E-state index in [0.717, 1.165) is 13.0 Å². The quantitative estimate of drug-likeness (QED) is 0.719. The fraction of sp³-hybridized carbons (Fsp3) is 0.714. The molecule has 2 unspecified atom stereocenters. The van der Waals surface area contributed by atoms with Crippen molar-refractivity contribution in [1.29, 1.82) is 0 Å². The first-order valence-corrected chi connectivity index (χ1v) is 6.65. The Kier molecular flexibility index (Phi) is 5.37. The summed E-state index contributed by atoms with van der Waals surface area (Å²) in [6, 6.07) is -0.348. The molecule has 1 aliphatic rings. The van der Waals surface area contributed by atoms with Crippen LogP contribution in [0.5, 0.6) is 0 Å². The van der Waals surface area contributed by atoms with Crippen molar-refractivity contribution >= 4 is 11.9 Å². The topological polar surface area (TPSA) is 69.6 Å². The third-order valence-corrected chi connectivity index (χ3v) is 4.03. The van der Waals surface area contributed by atoms with Crippen molar-refractivity contribution in [1.82, 2.24) is 10.2 Å². The number of likely N-dealkylation sites (tertiary alicyclic amines) is 1. The summed E-state index contributed by atoms with van der Waals surface area (Å²) < 4.78 is 0. The molecule has 0 aliphatic carbocycles. The van der Waals surface area contributed by atoms with E-state index in [9.17, 15) is 14.7 Å². The molecule has 0 bridgehead atoms. The van der Waals surface area contributed by atoms with Gasteiger partial charge in [-0.25, -0.2) is 0 Å². The van der Waals surface area contributed by atoms with E-state index in [2.05, 4.69) is 11.2 Å². The lowest BCUT2D eigenvalue weighted by Crippen LogP contribution is -2.54. The number of rotatable bonds is 5. The molecule has 1 amide bonds. The fourth-order valence-electron chi connectivity index (χ4n) is 2.56. The van der Waals surface area contributed by atoms with Gasteiger partial charge in [-0.1, -0.05) is 12.8 Å². The molecule has 0 aromatic rings. The van der Waals surface area contributed by atoms with Gasteiger partial charge in [0, 0.05) is 6.54 Å². The van der Waals surface area contributed by atoms with Crippen molar-refractivity contribution in [3.8, 4) is 12.3 Å². The molecule has 0 aromatic carbocycles. The van der Waals surface area contributed by atoms with Gasteiger partial charge in [0.2, 0.25) is 5.91 Å². The largest absolute Gasteiger partial charge is 0.481 e. The predicted molar refractivity (Wildman–Crippen MR) is 72.5 cm³/mol. The first kappa shape index (κ1) is 15.5. The second-order valence-electron chi connectivity index (χ2n) is 5.11. The lowest BCUT2D eigenvalue weighted by Gasteiger charge is -2.41. The maximum atomic E-state index is 11.9. The molecule has 0 spiro atoms. The monoisotopic (exact) mass is 266 g/mol. The molecule has 2 N–H and O–H groups in total. The van der Waals surface area contributed by atoms with Crippen LogP contribution in [0.2, 0.25) is 0 Å². The van der Waals surface area contributed by atoms with E-state index in [-0.39, 0.29) is 18.5 Å². The average molecular weight is 266 g/mol. The number of hydrogen-bond donors (Lipinski definition) is 2. The molecule has 2 atom stereocenters. The number of carboxylic acids is 1. The smallest absolute Gasteiger partial charge is 0.310 e. The minimum atomic E-state index is -0.768.